The van der Waals surface area contributed by atoms with Gasteiger partial charge in [-0.05, 0) is 61.9 Å². The summed E-state index contributed by atoms with van der Waals surface area (Å²) in [4.78, 5) is 17.0. The van der Waals surface area contributed by atoms with Crippen LogP contribution in [0.15, 0.2) is 59.8 Å². The SMILES string of the molecule is CCOc1ccc(N2CCn3c(SCC(=O)N4CCC(Cc5ccccc5)CC4)nnc32)cc1. The molecule has 0 spiro atoms. The minimum absolute atomic E-state index is 0.196. The highest BCUT2D eigenvalue weighted by atomic mass is 32.2. The first-order valence-electron chi connectivity index (χ1n) is 12.1. The summed E-state index contributed by atoms with van der Waals surface area (Å²) in [6.45, 7) is 5.99. The Morgan fingerprint density at radius 1 is 1.00 bits per heavy atom. The molecule has 1 fully saturated rings. The number of hydrogen-bond donors (Lipinski definition) is 0. The number of fused-ring (bicyclic) bond motifs is 1. The number of anilines is 2. The molecule has 0 unspecified atom stereocenters. The van der Waals surface area contributed by atoms with Gasteiger partial charge in [-0.1, -0.05) is 42.1 Å². The highest BCUT2D eigenvalue weighted by Gasteiger charge is 2.28. The number of amides is 1. The smallest absolute Gasteiger partial charge is 0.233 e. The summed E-state index contributed by atoms with van der Waals surface area (Å²) in [6.07, 6.45) is 3.25. The normalized spacial score (nSPS) is 16.0. The lowest BCUT2D eigenvalue weighted by atomic mass is 9.90. The predicted octanol–water partition coefficient (Wildman–Crippen LogP) is 4.40. The number of likely N-dealkylation sites (tertiary alicyclic amines) is 1. The van der Waals surface area contributed by atoms with Gasteiger partial charge in [0.25, 0.3) is 0 Å². The lowest BCUT2D eigenvalue weighted by Gasteiger charge is -2.32. The van der Waals surface area contributed by atoms with Crippen LogP contribution in [0.25, 0.3) is 0 Å². The molecule has 0 saturated carbocycles. The molecule has 0 N–H and O–H groups in total. The van der Waals surface area contributed by atoms with Crippen LogP contribution in [0.1, 0.15) is 25.3 Å². The molecule has 5 rings (SSSR count). The van der Waals surface area contributed by atoms with Gasteiger partial charge in [0.2, 0.25) is 11.9 Å². The molecule has 178 valence electrons. The highest BCUT2D eigenvalue weighted by Crippen LogP contribution is 2.33. The van der Waals surface area contributed by atoms with E-state index < -0.39 is 0 Å². The fourth-order valence-corrected chi connectivity index (χ4v) is 5.63. The molecule has 3 heterocycles. The van der Waals surface area contributed by atoms with Crippen molar-refractivity contribution in [3.8, 4) is 5.75 Å². The van der Waals surface area contributed by atoms with Crippen molar-refractivity contribution >= 4 is 29.3 Å². The molecule has 0 radical (unpaired) electrons. The largest absolute Gasteiger partial charge is 0.494 e. The zero-order valence-electron chi connectivity index (χ0n) is 19.6. The fraction of sp³-hybridized carbons (Fsp3) is 0.423. The second-order valence-corrected chi connectivity index (χ2v) is 9.76. The second kappa shape index (κ2) is 10.5. The van der Waals surface area contributed by atoms with E-state index in [1.165, 1.54) is 17.3 Å². The lowest BCUT2D eigenvalue weighted by molar-refractivity contribution is -0.129. The van der Waals surface area contributed by atoms with Gasteiger partial charge in [0.1, 0.15) is 5.75 Å². The zero-order chi connectivity index (χ0) is 23.3. The Hall–Kier alpha value is -3.00. The number of aromatic nitrogens is 3. The van der Waals surface area contributed by atoms with E-state index in [1.54, 1.807) is 0 Å². The van der Waals surface area contributed by atoms with Crippen LogP contribution in [-0.4, -0.2) is 57.6 Å². The predicted molar refractivity (Wildman–Crippen MR) is 135 cm³/mol. The maximum atomic E-state index is 12.9. The summed E-state index contributed by atoms with van der Waals surface area (Å²) in [6, 6.07) is 18.7. The summed E-state index contributed by atoms with van der Waals surface area (Å²) < 4.78 is 7.65. The number of carbonyl (C=O) groups is 1. The number of nitrogens with zero attached hydrogens (tertiary/aromatic N) is 5. The van der Waals surface area contributed by atoms with Crippen LogP contribution in [0.5, 0.6) is 5.75 Å². The molecule has 3 aromatic rings. The topological polar surface area (TPSA) is 63.5 Å². The molecule has 7 nitrogen and oxygen atoms in total. The molecule has 1 aromatic heterocycles. The van der Waals surface area contributed by atoms with Crippen molar-refractivity contribution in [2.75, 3.05) is 36.9 Å². The summed E-state index contributed by atoms with van der Waals surface area (Å²) in [7, 11) is 0. The van der Waals surface area contributed by atoms with Gasteiger partial charge in [0.15, 0.2) is 5.16 Å². The van der Waals surface area contributed by atoms with Crippen molar-refractivity contribution in [1.82, 2.24) is 19.7 Å². The van der Waals surface area contributed by atoms with Crippen LogP contribution >= 0.6 is 11.8 Å². The molecule has 0 atom stereocenters. The van der Waals surface area contributed by atoms with Crippen molar-refractivity contribution < 1.29 is 9.53 Å². The number of rotatable bonds is 8. The Morgan fingerprint density at radius 3 is 2.50 bits per heavy atom. The fourth-order valence-electron chi connectivity index (χ4n) is 4.77. The monoisotopic (exact) mass is 477 g/mol. The van der Waals surface area contributed by atoms with Crippen LogP contribution in [0.2, 0.25) is 0 Å². The summed E-state index contributed by atoms with van der Waals surface area (Å²) >= 11 is 1.50. The Morgan fingerprint density at radius 2 is 1.76 bits per heavy atom. The van der Waals surface area contributed by atoms with Gasteiger partial charge in [-0.2, -0.15) is 0 Å². The number of piperidine rings is 1. The first kappa shape index (κ1) is 22.8. The minimum atomic E-state index is 0.196. The minimum Gasteiger partial charge on any atom is -0.494 e. The van der Waals surface area contributed by atoms with Gasteiger partial charge >= 0.3 is 0 Å². The van der Waals surface area contributed by atoms with E-state index in [-0.39, 0.29) is 5.91 Å². The molecule has 2 aromatic carbocycles. The lowest BCUT2D eigenvalue weighted by Crippen LogP contribution is -2.39. The summed E-state index contributed by atoms with van der Waals surface area (Å²) in [5, 5.41) is 9.61. The number of benzene rings is 2. The Balaban J connectivity index is 1.13. The van der Waals surface area contributed by atoms with E-state index in [4.69, 9.17) is 4.74 Å². The van der Waals surface area contributed by atoms with Crippen molar-refractivity contribution in [2.45, 2.75) is 37.9 Å². The van der Waals surface area contributed by atoms with E-state index in [1.807, 2.05) is 36.1 Å². The molecule has 2 aliphatic rings. The molecule has 2 aliphatic heterocycles. The van der Waals surface area contributed by atoms with Crippen LogP contribution in [-0.2, 0) is 17.8 Å². The van der Waals surface area contributed by atoms with Crippen molar-refractivity contribution in [2.24, 2.45) is 5.92 Å². The standard InChI is InChI=1S/C26H31N5O2S/c1-2-33-23-10-8-22(9-11-23)30-16-17-31-25(30)27-28-26(31)34-19-24(32)29-14-12-21(13-15-29)18-20-6-4-3-5-7-20/h3-11,21H,2,12-19H2,1H3. The van der Waals surface area contributed by atoms with Gasteiger partial charge in [0.05, 0.1) is 12.4 Å². The van der Waals surface area contributed by atoms with Gasteiger partial charge in [-0.15, -0.1) is 10.2 Å². The summed E-state index contributed by atoms with van der Waals surface area (Å²) in [5.74, 6) is 2.96. The first-order chi connectivity index (χ1) is 16.7. The maximum absolute atomic E-state index is 12.9. The quantitative estimate of drug-likeness (QED) is 0.448. The van der Waals surface area contributed by atoms with Gasteiger partial charge < -0.3 is 14.5 Å². The zero-order valence-corrected chi connectivity index (χ0v) is 20.4. The number of ether oxygens (including phenoxy) is 1. The Labute approximate surface area is 205 Å². The molecular weight excluding hydrogens is 446 g/mol. The third kappa shape index (κ3) is 5.06. The van der Waals surface area contributed by atoms with Crippen LogP contribution < -0.4 is 9.64 Å². The van der Waals surface area contributed by atoms with Crippen LogP contribution in [0.4, 0.5) is 11.6 Å². The van der Waals surface area contributed by atoms with E-state index in [0.29, 0.717) is 18.3 Å². The molecule has 8 heteroatoms. The Kier molecular flexibility index (Phi) is 7.04. The van der Waals surface area contributed by atoms with Crippen molar-refractivity contribution in [3.05, 3.63) is 60.2 Å². The molecule has 34 heavy (non-hydrogen) atoms. The Bertz CT molecular complexity index is 1090. The number of hydrogen-bond acceptors (Lipinski definition) is 6. The van der Waals surface area contributed by atoms with E-state index in [0.717, 1.165) is 68.0 Å². The van der Waals surface area contributed by atoms with Gasteiger partial charge in [0, 0.05) is 31.9 Å². The molecular formula is C26H31N5O2S. The first-order valence-corrected chi connectivity index (χ1v) is 13.1. The molecule has 0 bridgehead atoms. The van der Waals surface area contributed by atoms with E-state index in [2.05, 4.69) is 50.0 Å². The third-order valence-electron chi connectivity index (χ3n) is 6.60. The summed E-state index contributed by atoms with van der Waals surface area (Å²) in [5.41, 5.74) is 2.46. The number of carbonyl (C=O) groups excluding carboxylic acids is 1. The van der Waals surface area contributed by atoms with Crippen LogP contribution in [0.3, 0.4) is 0 Å². The second-order valence-electron chi connectivity index (χ2n) is 8.82. The van der Waals surface area contributed by atoms with Crippen molar-refractivity contribution in [3.63, 3.8) is 0 Å². The number of thioether (sulfide) groups is 1. The molecule has 1 amide bonds. The van der Waals surface area contributed by atoms with Gasteiger partial charge in [-0.25, -0.2) is 0 Å². The average Bonchev–Trinajstić information content (AvgIpc) is 3.47. The molecule has 1 saturated heterocycles. The molecule has 0 aliphatic carbocycles. The highest BCUT2D eigenvalue weighted by molar-refractivity contribution is 7.99. The van der Waals surface area contributed by atoms with Gasteiger partial charge in [-0.3, -0.25) is 9.36 Å². The average molecular weight is 478 g/mol. The third-order valence-corrected chi connectivity index (χ3v) is 7.56. The van der Waals surface area contributed by atoms with E-state index in [9.17, 15) is 4.79 Å². The van der Waals surface area contributed by atoms with Crippen molar-refractivity contribution in [1.29, 1.82) is 0 Å². The maximum Gasteiger partial charge on any atom is 0.233 e. The van der Waals surface area contributed by atoms with E-state index >= 15 is 0 Å². The van der Waals surface area contributed by atoms with Crippen LogP contribution in [0, 0.1) is 5.92 Å².